The number of thiophene rings is 1. The number of hydrogen-bond acceptors (Lipinski definition) is 5. The van der Waals surface area contributed by atoms with Crippen LogP contribution in [-0.4, -0.2) is 39.8 Å². The molecule has 1 aromatic heterocycles. The summed E-state index contributed by atoms with van der Waals surface area (Å²) in [5.74, 6) is -1.12. The fourth-order valence-electron chi connectivity index (χ4n) is 1.90. The molecule has 0 saturated heterocycles. The molecule has 0 bridgehead atoms. The molecule has 1 aliphatic carbocycles. The van der Waals surface area contributed by atoms with Gasteiger partial charge in [-0.3, -0.25) is 0 Å². The molecule has 0 unspecified atom stereocenters. The van der Waals surface area contributed by atoms with Gasteiger partial charge in [0.25, 0.3) is 0 Å². The molecule has 0 radical (unpaired) electrons. The number of sulfonamides is 1. The van der Waals surface area contributed by atoms with Crippen molar-refractivity contribution < 1.29 is 23.1 Å². The van der Waals surface area contributed by atoms with E-state index in [4.69, 9.17) is 9.84 Å². The van der Waals surface area contributed by atoms with E-state index in [9.17, 15) is 13.2 Å². The summed E-state index contributed by atoms with van der Waals surface area (Å²) >= 11 is 0.918. The quantitative estimate of drug-likeness (QED) is 0.758. The number of carboxylic acid groups (broad SMARTS) is 1. The van der Waals surface area contributed by atoms with Crippen LogP contribution in [-0.2, 0) is 14.8 Å². The summed E-state index contributed by atoms with van der Waals surface area (Å²) in [4.78, 5) is 10.8. The number of carbonyl (C=O) groups is 1. The summed E-state index contributed by atoms with van der Waals surface area (Å²) in [7, 11) is -2.00. The van der Waals surface area contributed by atoms with Crippen molar-refractivity contribution in [2.75, 3.05) is 20.3 Å². The number of aromatic carboxylic acids is 1. The average molecular weight is 319 g/mol. The van der Waals surface area contributed by atoms with Crippen molar-refractivity contribution in [3.05, 3.63) is 17.0 Å². The molecule has 1 aliphatic rings. The monoisotopic (exact) mass is 319 g/mol. The van der Waals surface area contributed by atoms with E-state index in [-0.39, 0.29) is 15.2 Å². The van der Waals surface area contributed by atoms with Crippen molar-refractivity contribution in [2.45, 2.75) is 23.5 Å². The molecule has 6 nitrogen and oxygen atoms in total. The maximum absolute atomic E-state index is 12.1. The van der Waals surface area contributed by atoms with E-state index in [1.54, 1.807) is 7.11 Å². The zero-order valence-corrected chi connectivity index (χ0v) is 12.7. The molecular weight excluding hydrogens is 302 g/mol. The molecule has 1 saturated carbocycles. The first-order valence-electron chi connectivity index (χ1n) is 6.19. The molecule has 0 aliphatic heterocycles. The topological polar surface area (TPSA) is 92.7 Å². The second kappa shape index (κ2) is 5.80. The van der Waals surface area contributed by atoms with Crippen molar-refractivity contribution in [3.63, 3.8) is 0 Å². The van der Waals surface area contributed by atoms with Crippen molar-refractivity contribution in [1.82, 2.24) is 4.72 Å². The summed E-state index contributed by atoms with van der Waals surface area (Å²) in [5.41, 5.74) is 0.00609. The minimum absolute atomic E-state index is 0.00380. The smallest absolute Gasteiger partial charge is 0.336 e. The lowest BCUT2D eigenvalue weighted by Gasteiger charge is -2.15. The standard InChI is InChI=1S/C12H17NO5S2/c1-18-5-4-12(2-3-12)8-13-20(16,17)10-6-9(7-19-10)11(14)15/h6-7,13H,2-5,8H2,1H3,(H,14,15). The van der Waals surface area contributed by atoms with Crippen LogP contribution >= 0.6 is 11.3 Å². The van der Waals surface area contributed by atoms with E-state index in [0.29, 0.717) is 13.2 Å². The zero-order valence-electron chi connectivity index (χ0n) is 11.1. The molecule has 20 heavy (non-hydrogen) atoms. The highest BCUT2D eigenvalue weighted by molar-refractivity contribution is 7.91. The highest BCUT2D eigenvalue weighted by Crippen LogP contribution is 2.48. The number of nitrogens with one attached hydrogen (secondary N) is 1. The molecule has 0 atom stereocenters. The van der Waals surface area contributed by atoms with Crippen molar-refractivity contribution in [3.8, 4) is 0 Å². The van der Waals surface area contributed by atoms with E-state index < -0.39 is 16.0 Å². The average Bonchev–Trinajstić information content (AvgIpc) is 2.97. The molecule has 2 rings (SSSR count). The van der Waals surface area contributed by atoms with Crippen LogP contribution in [0.5, 0.6) is 0 Å². The Bertz CT molecular complexity index is 589. The van der Waals surface area contributed by atoms with Crippen LogP contribution in [0, 0.1) is 5.41 Å². The Labute approximate surface area is 121 Å². The van der Waals surface area contributed by atoms with Crippen molar-refractivity contribution in [1.29, 1.82) is 0 Å². The highest BCUT2D eigenvalue weighted by Gasteiger charge is 2.42. The summed E-state index contributed by atoms with van der Waals surface area (Å²) < 4.78 is 31.8. The van der Waals surface area contributed by atoms with Gasteiger partial charge in [-0.15, -0.1) is 11.3 Å². The second-order valence-electron chi connectivity index (χ2n) is 5.03. The third-order valence-electron chi connectivity index (χ3n) is 3.52. The fraction of sp³-hybridized carbons (Fsp3) is 0.583. The van der Waals surface area contributed by atoms with Gasteiger partial charge in [0.05, 0.1) is 5.56 Å². The minimum Gasteiger partial charge on any atom is -0.478 e. The van der Waals surface area contributed by atoms with Crippen molar-refractivity contribution in [2.24, 2.45) is 5.41 Å². The molecule has 112 valence electrons. The molecule has 1 aromatic rings. The Morgan fingerprint density at radius 3 is 2.75 bits per heavy atom. The molecule has 0 aromatic carbocycles. The second-order valence-corrected chi connectivity index (χ2v) is 7.93. The van der Waals surface area contributed by atoms with Gasteiger partial charge in [0.15, 0.2) is 0 Å². The predicted molar refractivity (Wildman–Crippen MR) is 74.6 cm³/mol. The Hall–Kier alpha value is -0.960. The molecule has 0 spiro atoms. The molecule has 1 heterocycles. The normalized spacial score (nSPS) is 17.1. The van der Waals surface area contributed by atoms with Crippen LogP contribution in [0.2, 0.25) is 0 Å². The largest absolute Gasteiger partial charge is 0.478 e. The zero-order chi connectivity index (χ0) is 14.8. The Balaban J connectivity index is 1.98. The number of hydrogen-bond donors (Lipinski definition) is 2. The van der Waals surface area contributed by atoms with E-state index >= 15 is 0 Å². The molecular formula is C12H17NO5S2. The first kappa shape index (κ1) is 15.4. The fourth-order valence-corrected chi connectivity index (χ4v) is 4.25. The van der Waals surface area contributed by atoms with E-state index in [2.05, 4.69) is 4.72 Å². The Morgan fingerprint density at radius 2 is 2.25 bits per heavy atom. The van der Waals surface area contributed by atoms with Crippen LogP contribution in [0.15, 0.2) is 15.7 Å². The third kappa shape index (κ3) is 3.57. The lowest BCUT2D eigenvalue weighted by molar-refractivity contribution is 0.0697. The van der Waals surface area contributed by atoms with Gasteiger partial charge < -0.3 is 9.84 Å². The van der Waals surface area contributed by atoms with Gasteiger partial charge in [-0.1, -0.05) is 0 Å². The van der Waals surface area contributed by atoms with Gasteiger partial charge in [0.1, 0.15) is 4.21 Å². The highest BCUT2D eigenvalue weighted by atomic mass is 32.2. The van der Waals surface area contributed by atoms with Crippen molar-refractivity contribution >= 4 is 27.3 Å². The van der Waals surface area contributed by atoms with Gasteiger partial charge in [0, 0.05) is 25.6 Å². The van der Waals surface area contributed by atoms with Gasteiger partial charge in [-0.05, 0) is 30.7 Å². The summed E-state index contributed by atoms with van der Waals surface area (Å²) in [6.07, 6.45) is 2.81. The SMILES string of the molecule is COCCC1(CNS(=O)(=O)c2cc(C(=O)O)cs2)CC1. The van der Waals surface area contributed by atoms with E-state index in [1.807, 2.05) is 0 Å². The Morgan fingerprint density at radius 1 is 1.55 bits per heavy atom. The first-order valence-corrected chi connectivity index (χ1v) is 8.55. The lowest BCUT2D eigenvalue weighted by Crippen LogP contribution is -2.30. The van der Waals surface area contributed by atoms with Crippen LogP contribution < -0.4 is 4.72 Å². The van der Waals surface area contributed by atoms with E-state index in [0.717, 1.165) is 30.6 Å². The van der Waals surface area contributed by atoms with Gasteiger partial charge in [-0.25, -0.2) is 17.9 Å². The van der Waals surface area contributed by atoms with Crippen LogP contribution in [0.25, 0.3) is 0 Å². The van der Waals surface area contributed by atoms with E-state index in [1.165, 1.54) is 11.4 Å². The van der Waals surface area contributed by atoms with Crippen LogP contribution in [0.3, 0.4) is 0 Å². The molecule has 2 N–H and O–H groups in total. The number of rotatable bonds is 8. The predicted octanol–water partition coefficient (Wildman–Crippen LogP) is 1.54. The third-order valence-corrected chi connectivity index (χ3v) is 6.36. The van der Waals surface area contributed by atoms with Gasteiger partial charge in [0.2, 0.25) is 10.0 Å². The number of methoxy groups -OCH3 is 1. The number of ether oxygens (including phenoxy) is 1. The maximum atomic E-state index is 12.1. The molecule has 8 heteroatoms. The summed E-state index contributed by atoms with van der Waals surface area (Å²) in [6, 6.07) is 1.18. The molecule has 1 fully saturated rings. The first-order chi connectivity index (χ1) is 9.38. The van der Waals surface area contributed by atoms with Crippen LogP contribution in [0.4, 0.5) is 0 Å². The van der Waals surface area contributed by atoms with Gasteiger partial charge in [-0.2, -0.15) is 0 Å². The van der Waals surface area contributed by atoms with Crippen LogP contribution in [0.1, 0.15) is 29.6 Å². The lowest BCUT2D eigenvalue weighted by atomic mass is 10.0. The Kier molecular flexibility index (Phi) is 4.48. The summed E-state index contributed by atoms with van der Waals surface area (Å²) in [6.45, 7) is 0.989. The maximum Gasteiger partial charge on any atom is 0.336 e. The molecule has 0 amide bonds. The number of carboxylic acids is 1. The van der Waals surface area contributed by atoms with Gasteiger partial charge >= 0.3 is 5.97 Å². The summed E-state index contributed by atoms with van der Waals surface area (Å²) in [5, 5.41) is 10.1. The minimum atomic E-state index is -3.63.